The fraction of sp³-hybridized carbons (Fsp3) is 0.538. The first-order chi connectivity index (χ1) is 7.63. The minimum Gasteiger partial charge on any atom is -0.495 e. The molecule has 2 rings (SSSR count). The van der Waals surface area contributed by atoms with Crippen LogP contribution in [0.2, 0.25) is 0 Å². The Labute approximate surface area is 97.2 Å². The van der Waals surface area contributed by atoms with Crippen LogP contribution in [0.3, 0.4) is 0 Å². The molecule has 2 atom stereocenters. The topological polar surface area (TPSA) is 38.5 Å². The van der Waals surface area contributed by atoms with E-state index in [0.717, 1.165) is 17.1 Å². The van der Waals surface area contributed by atoms with Gasteiger partial charge in [-0.15, -0.1) is 0 Å². The lowest BCUT2D eigenvalue weighted by molar-refractivity contribution is 0.413. The van der Waals surface area contributed by atoms with Crippen molar-refractivity contribution in [1.29, 1.82) is 0 Å². The zero-order valence-corrected chi connectivity index (χ0v) is 10.2. The maximum atomic E-state index is 5.86. The molecule has 0 amide bonds. The summed E-state index contributed by atoms with van der Waals surface area (Å²) in [5, 5.41) is 0. The Hall–Kier alpha value is -1.38. The van der Waals surface area contributed by atoms with Crippen LogP contribution in [0, 0.1) is 0 Å². The summed E-state index contributed by atoms with van der Waals surface area (Å²) in [5.74, 6) is 0.912. The van der Waals surface area contributed by atoms with Gasteiger partial charge in [0, 0.05) is 17.8 Å². The van der Waals surface area contributed by atoms with Gasteiger partial charge in [-0.3, -0.25) is 0 Å². The molecule has 1 fully saturated rings. The molecule has 0 bridgehead atoms. The highest BCUT2D eigenvalue weighted by Crippen LogP contribution is 2.37. The third-order valence-corrected chi connectivity index (χ3v) is 3.43. The van der Waals surface area contributed by atoms with Crippen LogP contribution in [0.25, 0.3) is 0 Å². The average molecular weight is 220 g/mol. The Morgan fingerprint density at radius 3 is 2.44 bits per heavy atom. The van der Waals surface area contributed by atoms with Gasteiger partial charge >= 0.3 is 0 Å². The molecule has 88 valence electrons. The average Bonchev–Trinajstić information content (AvgIpc) is 2.58. The second-order valence-electron chi connectivity index (χ2n) is 4.61. The van der Waals surface area contributed by atoms with E-state index < -0.39 is 0 Å². The molecule has 3 heteroatoms. The molecule has 2 N–H and O–H groups in total. The minimum absolute atomic E-state index is 0.561. The predicted octanol–water partition coefficient (Wildman–Crippen LogP) is 2.65. The Kier molecular flexibility index (Phi) is 2.95. The zero-order chi connectivity index (χ0) is 11.7. The Morgan fingerprint density at radius 2 is 1.88 bits per heavy atom. The second kappa shape index (κ2) is 4.24. The van der Waals surface area contributed by atoms with Crippen molar-refractivity contribution in [3.8, 4) is 5.75 Å². The van der Waals surface area contributed by atoms with Crippen molar-refractivity contribution in [2.75, 3.05) is 17.7 Å². The van der Waals surface area contributed by atoms with Gasteiger partial charge < -0.3 is 15.4 Å². The van der Waals surface area contributed by atoms with Gasteiger partial charge in [0.05, 0.1) is 12.8 Å². The van der Waals surface area contributed by atoms with E-state index >= 15 is 0 Å². The van der Waals surface area contributed by atoms with E-state index in [1.54, 1.807) is 7.11 Å². The van der Waals surface area contributed by atoms with Crippen LogP contribution in [0.4, 0.5) is 11.4 Å². The molecule has 1 aromatic carbocycles. The maximum Gasteiger partial charge on any atom is 0.142 e. The largest absolute Gasteiger partial charge is 0.495 e. The van der Waals surface area contributed by atoms with E-state index in [1.165, 1.54) is 12.8 Å². The number of rotatable bonds is 2. The highest BCUT2D eigenvalue weighted by Gasteiger charge is 2.29. The van der Waals surface area contributed by atoms with Gasteiger partial charge in [0.15, 0.2) is 0 Å². The molecule has 1 aliphatic heterocycles. The number of hydrogen-bond donors (Lipinski definition) is 1. The lowest BCUT2D eigenvalue weighted by atomic mass is 10.2. The summed E-state index contributed by atoms with van der Waals surface area (Å²) >= 11 is 0. The Bertz CT molecular complexity index is 368. The Balaban J connectivity index is 2.41. The monoisotopic (exact) mass is 220 g/mol. The van der Waals surface area contributed by atoms with Crippen molar-refractivity contribution in [3.05, 3.63) is 18.2 Å². The van der Waals surface area contributed by atoms with Crippen LogP contribution in [-0.4, -0.2) is 19.2 Å². The Morgan fingerprint density at radius 1 is 1.25 bits per heavy atom. The summed E-state index contributed by atoms with van der Waals surface area (Å²) in [5.41, 5.74) is 7.78. The molecule has 0 radical (unpaired) electrons. The summed E-state index contributed by atoms with van der Waals surface area (Å²) < 4.78 is 5.41. The molecule has 0 aromatic heterocycles. The molecule has 1 aromatic rings. The highest BCUT2D eigenvalue weighted by atomic mass is 16.5. The zero-order valence-electron chi connectivity index (χ0n) is 10.2. The van der Waals surface area contributed by atoms with Gasteiger partial charge in [0.25, 0.3) is 0 Å². The number of nitrogen functional groups attached to an aromatic ring is 1. The van der Waals surface area contributed by atoms with Crippen molar-refractivity contribution in [1.82, 2.24) is 0 Å². The maximum absolute atomic E-state index is 5.86. The van der Waals surface area contributed by atoms with Gasteiger partial charge in [0.2, 0.25) is 0 Å². The second-order valence-corrected chi connectivity index (χ2v) is 4.61. The SMILES string of the molecule is COc1ccc(N)cc1N1C(C)CCC1C. The number of nitrogens with zero attached hydrogens (tertiary/aromatic N) is 1. The van der Waals surface area contributed by atoms with Crippen molar-refractivity contribution >= 4 is 11.4 Å². The van der Waals surface area contributed by atoms with Crippen molar-refractivity contribution < 1.29 is 4.74 Å². The predicted molar refractivity (Wildman–Crippen MR) is 68.0 cm³/mol. The first-order valence-electron chi connectivity index (χ1n) is 5.85. The molecule has 1 aliphatic rings. The number of nitrogens with two attached hydrogens (primary N) is 1. The van der Waals surface area contributed by atoms with Crippen molar-refractivity contribution in [2.45, 2.75) is 38.8 Å². The smallest absolute Gasteiger partial charge is 0.142 e. The number of anilines is 2. The highest BCUT2D eigenvalue weighted by molar-refractivity contribution is 5.66. The number of benzene rings is 1. The van der Waals surface area contributed by atoms with E-state index in [2.05, 4.69) is 18.7 Å². The lowest BCUT2D eigenvalue weighted by Crippen LogP contribution is -2.32. The summed E-state index contributed by atoms with van der Waals surface area (Å²) in [7, 11) is 1.71. The molecule has 1 heterocycles. The third kappa shape index (κ3) is 1.82. The quantitative estimate of drug-likeness (QED) is 0.779. The van der Waals surface area contributed by atoms with E-state index in [-0.39, 0.29) is 0 Å². The van der Waals surface area contributed by atoms with Gasteiger partial charge in [-0.05, 0) is 44.9 Å². The fourth-order valence-corrected chi connectivity index (χ4v) is 2.58. The van der Waals surface area contributed by atoms with Crippen LogP contribution in [-0.2, 0) is 0 Å². The third-order valence-electron chi connectivity index (χ3n) is 3.43. The first kappa shape index (κ1) is 11.1. The van der Waals surface area contributed by atoms with Crippen LogP contribution in [0.15, 0.2) is 18.2 Å². The molecule has 2 unspecified atom stereocenters. The first-order valence-corrected chi connectivity index (χ1v) is 5.85. The van der Waals surface area contributed by atoms with Gasteiger partial charge in [-0.2, -0.15) is 0 Å². The molecule has 0 spiro atoms. The van der Waals surface area contributed by atoms with Crippen molar-refractivity contribution in [3.63, 3.8) is 0 Å². The standard InChI is InChI=1S/C13H20N2O/c1-9-4-5-10(2)15(9)12-8-11(14)6-7-13(12)16-3/h6-10H,4-5,14H2,1-3H3. The van der Waals surface area contributed by atoms with Gasteiger partial charge in [-0.1, -0.05) is 0 Å². The van der Waals surface area contributed by atoms with E-state index in [0.29, 0.717) is 12.1 Å². The molecule has 0 aliphatic carbocycles. The molecule has 0 saturated carbocycles. The number of hydrogen-bond acceptors (Lipinski definition) is 3. The van der Waals surface area contributed by atoms with Crippen LogP contribution in [0.5, 0.6) is 5.75 Å². The molecular weight excluding hydrogens is 200 g/mol. The van der Waals surface area contributed by atoms with Crippen LogP contribution < -0.4 is 15.4 Å². The summed E-state index contributed by atoms with van der Waals surface area (Å²) in [4.78, 5) is 2.41. The molecule has 16 heavy (non-hydrogen) atoms. The number of methoxy groups -OCH3 is 1. The van der Waals surface area contributed by atoms with Crippen LogP contribution in [0.1, 0.15) is 26.7 Å². The van der Waals surface area contributed by atoms with Crippen molar-refractivity contribution in [2.24, 2.45) is 0 Å². The number of ether oxygens (including phenoxy) is 1. The van der Waals surface area contributed by atoms with E-state index in [4.69, 9.17) is 10.5 Å². The lowest BCUT2D eigenvalue weighted by Gasteiger charge is -2.30. The normalized spacial score (nSPS) is 24.8. The van der Waals surface area contributed by atoms with Crippen LogP contribution >= 0.6 is 0 Å². The summed E-state index contributed by atoms with van der Waals surface area (Å²) in [6.45, 7) is 4.51. The summed E-state index contributed by atoms with van der Waals surface area (Å²) in [6, 6.07) is 6.96. The molecule has 3 nitrogen and oxygen atoms in total. The van der Waals surface area contributed by atoms with E-state index in [9.17, 15) is 0 Å². The van der Waals surface area contributed by atoms with Gasteiger partial charge in [-0.25, -0.2) is 0 Å². The molecule has 1 saturated heterocycles. The molecular formula is C13H20N2O. The fourth-order valence-electron chi connectivity index (χ4n) is 2.58. The minimum atomic E-state index is 0.561. The van der Waals surface area contributed by atoms with Gasteiger partial charge in [0.1, 0.15) is 5.75 Å². The summed E-state index contributed by atoms with van der Waals surface area (Å²) in [6.07, 6.45) is 2.47. The van der Waals surface area contributed by atoms with E-state index in [1.807, 2.05) is 18.2 Å².